The molecule has 0 unspecified atom stereocenters. The number of halogens is 1. The van der Waals surface area contributed by atoms with Gasteiger partial charge in [0.2, 0.25) is 11.9 Å². The van der Waals surface area contributed by atoms with E-state index in [9.17, 15) is 4.39 Å². The molecule has 1 aromatic carbocycles. The number of nitrogen functional groups attached to an aromatic ring is 1. The number of benzene rings is 1. The molecule has 0 atom stereocenters. The van der Waals surface area contributed by atoms with Gasteiger partial charge in [-0.1, -0.05) is 12.1 Å². The molecule has 0 bridgehead atoms. The van der Waals surface area contributed by atoms with Crippen LogP contribution in [0.15, 0.2) is 24.3 Å². The third kappa shape index (κ3) is 3.27. The number of hydrogen-bond donors (Lipinski definition) is 1. The molecule has 1 heterocycles. The highest BCUT2D eigenvalue weighted by Crippen LogP contribution is 2.16. The van der Waals surface area contributed by atoms with Crippen molar-refractivity contribution < 1.29 is 9.13 Å². The Balaban J connectivity index is 2.14. The van der Waals surface area contributed by atoms with Gasteiger partial charge in [-0.3, -0.25) is 0 Å². The first kappa shape index (κ1) is 13.0. The lowest BCUT2D eigenvalue weighted by atomic mass is 10.3. The highest BCUT2D eigenvalue weighted by molar-refractivity contribution is 5.32. The Morgan fingerprint density at radius 2 is 1.95 bits per heavy atom. The third-order valence-electron chi connectivity index (χ3n) is 2.28. The number of rotatable bonds is 4. The summed E-state index contributed by atoms with van der Waals surface area (Å²) in [7, 11) is 3.58. The van der Waals surface area contributed by atoms with Crippen molar-refractivity contribution in [3.63, 3.8) is 0 Å². The van der Waals surface area contributed by atoms with E-state index in [1.165, 1.54) is 12.1 Å². The summed E-state index contributed by atoms with van der Waals surface area (Å²) in [5, 5.41) is 0. The molecule has 0 saturated heterocycles. The fourth-order valence-corrected chi connectivity index (χ4v) is 1.39. The van der Waals surface area contributed by atoms with Crippen molar-refractivity contribution in [1.29, 1.82) is 0 Å². The molecule has 0 aliphatic carbocycles. The second-order valence-corrected chi connectivity index (χ2v) is 4.02. The number of nitrogens with zero attached hydrogens (tertiary/aromatic N) is 4. The van der Waals surface area contributed by atoms with Gasteiger partial charge >= 0.3 is 0 Å². The van der Waals surface area contributed by atoms with E-state index < -0.39 is 5.82 Å². The van der Waals surface area contributed by atoms with Crippen LogP contribution in [-0.4, -0.2) is 29.0 Å². The Hall–Kier alpha value is -2.44. The predicted molar refractivity (Wildman–Crippen MR) is 69.3 cm³/mol. The molecule has 2 N–H and O–H groups in total. The molecule has 0 spiro atoms. The minimum Gasteiger partial charge on any atom is -0.483 e. The van der Waals surface area contributed by atoms with E-state index in [4.69, 9.17) is 10.5 Å². The van der Waals surface area contributed by atoms with Crippen LogP contribution in [-0.2, 0) is 6.61 Å². The van der Waals surface area contributed by atoms with Gasteiger partial charge in [0.25, 0.3) is 0 Å². The summed E-state index contributed by atoms with van der Waals surface area (Å²) in [6, 6.07) is 6.13. The predicted octanol–water partition coefficient (Wildman–Crippen LogP) is 1.24. The van der Waals surface area contributed by atoms with Gasteiger partial charge in [0.05, 0.1) is 0 Å². The molecule has 0 amide bonds. The normalized spacial score (nSPS) is 10.3. The van der Waals surface area contributed by atoms with E-state index in [1.54, 1.807) is 31.1 Å². The van der Waals surface area contributed by atoms with Crippen molar-refractivity contribution >= 4 is 11.9 Å². The molecule has 0 aliphatic rings. The van der Waals surface area contributed by atoms with Crippen molar-refractivity contribution in [1.82, 2.24) is 15.0 Å². The molecule has 100 valence electrons. The van der Waals surface area contributed by atoms with Crippen LogP contribution < -0.4 is 15.4 Å². The van der Waals surface area contributed by atoms with E-state index in [-0.39, 0.29) is 18.3 Å². The number of hydrogen-bond acceptors (Lipinski definition) is 6. The van der Waals surface area contributed by atoms with E-state index in [0.29, 0.717) is 11.8 Å². The van der Waals surface area contributed by atoms with Crippen LogP contribution in [0.2, 0.25) is 0 Å². The third-order valence-corrected chi connectivity index (χ3v) is 2.28. The number of ether oxygens (including phenoxy) is 1. The van der Waals surface area contributed by atoms with Crippen LogP contribution >= 0.6 is 0 Å². The highest BCUT2D eigenvalue weighted by Gasteiger charge is 2.08. The smallest absolute Gasteiger partial charge is 0.230 e. The first-order valence-electron chi connectivity index (χ1n) is 5.61. The molecular formula is C12H14FN5O. The maximum atomic E-state index is 13.4. The van der Waals surface area contributed by atoms with Gasteiger partial charge in [-0.15, -0.1) is 0 Å². The summed E-state index contributed by atoms with van der Waals surface area (Å²) in [6.45, 7) is 0.0223. The van der Waals surface area contributed by atoms with Crippen LogP contribution in [0, 0.1) is 5.82 Å². The summed E-state index contributed by atoms with van der Waals surface area (Å²) >= 11 is 0. The molecule has 0 fully saturated rings. The lowest BCUT2D eigenvalue weighted by Crippen LogP contribution is -2.17. The number of para-hydroxylation sites is 1. The van der Waals surface area contributed by atoms with E-state index >= 15 is 0 Å². The zero-order valence-electron chi connectivity index (χ0n) is 10.7. The maximum absolute atomic E-state index is 13.4. The van der Waals surface area contributed by atoms with Crippen molar-refractivity contribution in [3.05, 3.63) is 35.9 Å². The van der Waals surface area contributed by atoms with Gasteiger partial charge in [-0.2, -0.15) is 15.0 Å². The Bertz CT molecular complexity index is 576. The van der Waals surface area contributed by atoms with E-state index in [2.05, 4.69) is 15.0 Å². The average molecular weight is 263 g/mol. The van der Waals surface area contributed by atoms with Crippen molar-refractivity contribution in [3.8, 4) is 5.75 Å². The first-order chi connectivity index (χ1) is 9.06. The summed E-state index contributed by atoms with van der Waals surface area (Å²) in [5.41, 5.74) is 5.58. The maximum Gasteiger partial charge on any atom is 0.230 e. The van der Waals surface area contributed by atoms with Crippen LogP contribution in [0.25, 0.3) is 0 Å². The number of aromatic nitrogens is 3. The first-order valence-corrected chi connectivity index (χ1v) is 5.61. The monoisotopic (exact) mass is 263 g/mol. The Kier molecular flexibility index (Phi) is 3.74. The minimum absolute atomic E-state index is 0.0223. The summed E-state index contributed by atoms with van der Waals surface area (Å²) in [5.74, 6) is 0.593. The quantitative estimate of drug-likeness (QED) is 0.894. The standard InChI is InChI=1S/C12H14FN5O/c1-18(2)12-16-10(15-11(14)17-12)7-19-9-6-4-3-5-8(9)13/h3-6H,7H2,1-2H3,(H2,14,15,16,17). The molecule has 0 radical (unpaired) electrons. The molecule has 2 aromatic rings. The fourth-order valence-electron chi connectivity index (χ4n) is 1.39. The van der Waals surface area contributed by atoms with Crippen LogP contribution in [0.3, 0.4) is 0 Å². The number of nitrogens with two attached hydrogens (primary N) is 1. The fraction of sp³-hybridized carbons (Fsp3) is 0.250. The van der Waals surface area contributed by atoms with Crippen LogP contribution in [0.1, 0.15) is 5.82 Å². The van der Waals surface area contributed by atoms with Crippen LogP contribution in [0.4, 0.5) is 16.3 Å². The second-order valence-electron chi connectivity index (χ2n) is 4.02. The largest absolute Gasteiger partial charge is 0.483 e. The molecule has 19 heavy (non-hydrogen) atoms. The lowest BCUT2D eigenvalue weighted by Gasteiger charge is -2.12. The second kappa shape index (κ2) is 5.47. The van der Waals surface area contributed by atoms with Gasteiger partial charge < -0.3 is 15.4 Å². The molecule has 1 aromatic heterocycles. The van der Waals surface area contributed by atoms with E-state index in [1.807, 2.05) is 0 Å². The molecule has 6 nitrogen and oxygen atoms in total. The van der Waals surface area contributed by atoms with E-state index in [0.717, 1.165) is 0 Å². The highest BCUT2D eigenvalue weighted by atomic mass is 19.1. The Morgan fingerprint density at radius 1 is 1.21 bits per heavy atom. The molecule has 0 saturated carbocycles. The number of anilines is 2. The van der Waals surface area contributed by atoms with Crippen molar-refractivity contribution in [2.24, 2.45) is 0 Å². The van der Waals surface area contributed by atoms with Crippen molar-refractivity contribution in [2.45, 2.75) is 6.61 Å². The van der Waals surface area contributed by atoms with Crippen LogP contribution in [0.5, 0.6) is 5.75 Å². The topological polar surface area (TPSA) is 77.2 Å². The van der Waals surface area contributed by atoms with Gasteiger partial charge in [-0.25, -0.2) is 4.39 Å². The zero-order chi connectivity index (χ0) is 13.8. The van der Waals surface area contributed by atoms with Gasteiger partial charge in [0, 0.05) is 14.1 Å². The lowest BCUT2D eigenvalue weighted by molar-refractivity contribution is 0.281. The SMILES string of the molecule is CN(C)c1nc(N)nc(COc2ccccc2F)n1. The molecule has 0 aliphatic heterocycles. The molecule has 2 rings (SSSR count). The summed E-state index contributed by atoms with van der Waals surface area (Å²) in [4.78, 5) is 13.8. The minimum atomic E-state index is -0.433. The Labute approximate surface area is 110 Å². The summed E-state index contributed by atoms with van der Waals surface area (Å²) < 4.78 is 18.7. The molecular weight excluding hydrogens is 249 g/mol. The zero-order valence-corrected chi connectivity index (χ0v) is 10.7. The average Bonchev–Trinajstić information content (AvgIpc) is 2.37. The van der Waals surface area contributed by atoms with Gasteiger partial charge in [-0.05, 0) is 12.1 Å². The molecule has 7 heteroatoms. The van der Waals surface area contributed by atoms with Gasteiger partial charge in [0.1, 0.15) is 6.61 Å². The summed E-state index contributed by atoms with van der Waals surface area (Å²) in [6.07, 6.45) is 0. The van der Waals surface area contributed by atoms with Crippen molar-refractivity contribution in [2.75, 3.05) is 24.7 Å². The Morgan fingerprint density at radius 3 is 2.63 bits per heavy atom. The van der Waals surface area contributed by atoms with Gasteiger partial charge in [0.15, 0.2) is 17.4 Å².